The molecular weight excluding hydrogens is 262 g/mol. The van der Waals surface area contributed by atoms with Gasteiger partial charge in [0.15, 0.2) is 0 Å². The molecule has 0 aromatic rings. The van der Waals surface area contributed by atoms with Gasteiger partial charge in [0.25, 0.3) is 0 Å². The second kappa shape index (κ2) is 6.58. The van der Waals surface area contributed by atoms with E-state index in [2.05, 4.69) is 10.6 Å². The van der Waals surface area contributed by atoms with Gasteiger partial charge < -0.3 is 20.6 Å². The van der Waals surface area contributed by atoms with Crippen molar-refractivity contribution in [1.29, 1.82) is 0 Å². The number of likely N-dealkylation sites (tertiary alicyclic amines) is 1. The SMILES string of the molecule is O=C(O)CNC(=O)CNC(=O)N1CCCC2CCCC21. The number of carboxylic acid groups (broad SMARTS) is 1. The molecule has 2 fully saturated rings. The van der Waals surface area contributed by atoms with Crippen LogP contribution in [0.1, 0.15) is 32.1 Å². The molecule has 0 radical (unpaired) electrons. The number of nitrogens with one attached hydrogen (secondary N) is 2. The lowest BCUT2D eigenvalue weighted by Crippen LogP contribution is -2.52. The lowest BCUT2D eigenvalue weighted by Gasteiger charge is -2.37. The molecule has 1 heterocycles. The third-order valence-corrected chi connectivity index (χ3v) is 4.09. The summed E-state index contributed by atoms with van der Waals surface area (Å²) in [6.45, 7) is 0.132. The molecule has 7 nitrogen and oxygen atoms in total. The third-order valence-electron chi connectivity index (χ3n) is 4.09. The fourth-order valence-electron chi connectivity index (χ4n) is 3.20. The first-order valence-corrected chi connectivity index (χ1v) is 7.11. The summed E-state index contributed by atoms with van der Waals surface area (Å²) in [6.07, 6.45) is 5.60. The van der Waals surface area contributed by atoms with Crippen LogP contribution < -0.4 is 10.6 Å². The molecule has 0 aromatic carbocycles. The van der Waals surface area contributed by atoms with Crippen molar-refractivity contribution in [3.05, 3.63) is 0 Å². The summed E-state index contributed by atoms with van der Waals surface area (Å²) >= 11 is 0. The maximum Gasteiger partial charge on any atom is 0.322 e. The van der Waals surface area contributed by atoms with Crippen LogP contribution in [0.4, 0.5) is 4.79 Å². The quantitative estimate of drug-likeness (QED) is 0.684. The second-order valence-electron chi connectivity index (χ2n) is 5.42. The molecule has 3 amide bonds. The van der Waals surface area contributed by atoms with Gasteiger partial charge in [0.05, 0.1) is 6.54 Å². The molecule has 1 aliphatic carbocycles. The smallest absolute Gasteiger partial charge is 0.322 e. The van der Waals surface area contributed by atoms with Crippen LogP contribution in [0.2, 0.25) is 0 Å². The van der Waals surface area contributed by atoms with Gasteiger partial charge >= 0.3 is 12.0 Å². The number of fused-ring (bicyclic) bond motifs is 1. The van der Waals surface area contributed by atoms with Crippen LogP contribution in [0.5, 0.6) is 0 Å². The van der Waals surface area contributed by atoms with E-state index in [4.69, 9.17) is 5.11 Å². The fraction of sp³-hybridized carbons (Fsp3) is 0.769. The lowest BCUT2D eigenvalue weighted by molar-refractivity contribution is -0.137. The summed E-state index contributed by atoms with van der Waals surface area (Å²) in [5.41, 5.74) is 0. The van der Waals surface area contributed by atoms with E-state index in [-0.39, 0.29) is 12.6 Å². The average Bonchev–Trinajstić information content (AvgIpc) is 2.90. The highest BCUT2D eigenvalue weighted by atomic mass is 16.4. The number of amides is 3. The number of hydrogen-bond donors (Lipinski definition) is 3. The van der Waals surface area contributed by atoms with E-state index in [0.717, 1.165) is 25.8 Å². The van der Waals surface area contributed by atoms with Crippen molar-refractivity contribution in [2.45, 2.75) is 38.1 Å². The van der Waals surface area contributed by atoms with Gasteiger partial charge in [-0.3, -0.25) is 9.59 Å². The van der Waals surface area contributed by atoms with E-state index in [1.54, 1.807) is 0 Å². The predicted molar refractivity (Wildman–Crippen MR) is 71.1 cm³/mol. The Hall–Kier alpha value is -1.79. The molecule has 20 heavy (non-hydrogen) atoms. The maximum atomic E-state index is 12.1. The van der Waals surface area contributed by atoms with Gasteiger partial charge in [0, 0.05) is 12.6 Å². The molecule has 7 heteroatoms. The average molecular weight is 283 g/mol. The summed E-state index contributed by atoms with van der Waals surface area (Å²) in [5.74, 6) is -0.981. The number of hydrogen-bond acceptors (Lipinski definition) is 3. The first-order chi connectivity index (χ1) is 9.58. The molecule has 112 valence electrons. The monoisotopic (exact) mass is 283 g/mol. The molecule has 1 saturated heterocycles. The Bertz CT molecular complexity index is 399. The maximum absolute atomic E-state index is 12.1. The Morgan fingerprint density at radius 2 is 1.80 bits per heavy atom. The Kier molecular flexibility index (Phi) is 4.81. The minimum absolute atomic E-state index is 0.181. The lowest BCUT2D eigenvalue weighted by atomic mass is 9.92. The van der Waals surface area contributed by atoms with Gasteiger partial charge in [0.1, 0.15) is 6.54 Å². The number of carbonyl (C=O) groups is 3. The zero-order valence-corrected chi connectivity index (χ0v) is 11.4. The van der Waals surface area contributed by atoms with Crippen molar-refractivity contribution < 1.29 is 19.5 Å². The number of aliphatic carboxylic acids is 1. The summed E-state index contributed by atoms with van der Waals surface area (Å²) in [7, 11) is 0. The number of urea groups is 1. The zero-order valence-electron chi connectivity index (χ0n) is 11.4. The number of carboxylic acids is 1. The normalized spacial score (nSPS) is 24.9. The highest BCUT2D eigenvalue weighted by Gasteiger charge is 2.37. The van der Waals surface area contributed by atoms with Crippen LogP contribution in [0.3, 0.4) is 0 Å². The van der Waals surface area contributed by atoms with Gasteiger partial charge in [-0.25, -0.2) is 4.79 Å². The van der Waals surface area contributed by atoms with Gasteiger partial charge in [-0.15, -0.1) is 0 Å². The minimum atomic E-state index is -1.10. The molecule has 0 bridgehead atoms. The highest BCUT2D eigenvalue weighted by Crippen LogP contribution is 2.36. The van der Waals surface area contributed by atoms with Crippen molar-refractivity contribution in [2.24, 2.45) is 5.92 Å². The number of piperidine rings is 1. The van der Waals surface area contributed by atoms with Gasteiger partial charge in [-0.05, 0) is 31.6 Å². The first-order valence-electron chi connectivity index (χ1n) is 7.11. The van der Waals surface area contributed by atoms with Gasteiger partial charge in [0.2, 0.25) is 5.91 Å². The Balaban J connectivity index is 1.76. The highest BCUT2D eigenvalue weighted by molar-refractivity contribution is 5.86. The Labute approximate surface area is 117 Å². The minimum Gasteiger partial charge on any atom is -0.480 e. The predicted octanol–water partition coefficient (Wildman–Crippen LogP) is 0.161. The first kappa shape index (κ1) is 14.6. The summed E-state index contributed by atoms with van der Waals surface area (Å²) in [6, 6.07) is 0.0953. The van der Waals surface area contributed by atoms with Crippen LogP contribution in [-0.2, 0) is 9.59 Å². The zero-order chi connectivity index (χ0) is 14.5. The largest absolute Gasteiger partial charge is 0.480 e. The van der Waals surface area contributed by atoms with E-state index >= 15 is 0 Å². The van der Waals surface area contributed by atoms with Crippen molar-refractivity contribution in [1.82, 2.24) is 15.5 Å². The van der Waals surface area contributed by atoms with Crippen LogP contribution >= 0.6 is 0 Å². The van der Waals surface area contributed by atoms with Crippen LogP contribution in [0.25, 0.3) is 0 Å². The number of rotatable bonds is 4. The molecule has 0 aromatic heterocycles. The molecule has 2 rings (SSSR count). The number of nitrogens with zero attached hydrogens (tertiary/aromatic N) is 1. The summed E-state index contributed by atoms with van der Waals surface area (Å²) in [5, 5.41) is 13.2. The van der Waals surface area contributed by atoms with E-state index in [9.17, 15) is 14.4 Å². The molecule has 1 aliphatic heterocycles. The molecule has 2 aliphatic rings. The molecule has 2 unspecified atom stereocenters. The van der Waals surface area contributed by atoms with Gasteiger partial charge in [-0.1, -0.05) is 6.42 Å². The van der Waals surface area contributed by atoms with Crippen LogP contribution in [0.15, 0.2) is 0 Å². The van der Waals surface area contributed by atoms with E-state index < -0.39 is 18.4 Å². The molecule has 0 spiro atoms. The van der Waals surface area contributed by atoms with Gasteiger partial charge in [-0.2, -0.15) is 0 Å². The van der Waals surface area contributed by atoms with E-state index in [0.29, 0.717) is 12.0 Å². The van der Waals surface area contributed by atoms with Crippen molar-refractivity contribution in [3.8, 4) is 0 Å². The van der Waals surface area contributed by atoms with Crippen LogP contribution in [0, 0.1) is 5.92 Å². The second-order valence-corrected chi connectivity index (χ2v) is 5.42. The topological polar surface area (TPSA) is 98.7 Å². The molecule has 1 saturated carbocycles. The number of carbonyl (C=O) groups excluding carboxylic acids is 2. The van der Waals surface area contributed by atoms with Crippen LogP contribution in [-0.4, -0.2) is 53.6 Å². The van der Waals surface area contributed by atoms with Crippen molar-refractivity contribution in [2.75, 3.05) is 19.6 Å². The third kappa shape index (κ3) is 3.61. The van der Waals surface area contributed by atoms with E-state index in [1.165, 1.54) is 12.8 Å². The molecule has 3 N–H and O–H groups in total. The van der Waals surface area contributed by atoms with Crippen molar-refractivity contribution >= 4 is 17.9 Å². The summed E-state index contributed by atoms with van der Waals surface area (Å²) in [4.78, 5) is 35.6. The van der Waals surface area contributed by atoms with Crippen molar-refractivity contribution in [3.63, 3.8) is 0 Å². The Morgan fingerprint density at radius 3 is 2.55 bits per heavy atom. The standard InChI is InChI=1S/C13H21N3O4/c17-11(14-8-12(18)19)7-15-13(20)16-6-2-4-9-3-1-5-10(9)16/h9-10H,1-8H2,(H,14,17)(H,15,20)(H,18,19). The summed E-state index contributed by atoms with van der Waals surface area (Å²) < 4.78 is 0. The molecular formula is C13H21N3O4. The Morgan fingerprint density at radius 1 is 1.05 bits per heavy atom. The van der Waals surface area contributed by atoms with E-state index in [1.807, 2.05) is 4.90 Å². The fourth-order valence-corrected chi connectivity index (χ4v) is 3.20. The molecule has 2 atom stereocenters.